The van der Waals surface area contributed by atoms with Gasteiger partial charge < -0.3 is 20.9 Å². The fraction of sp³-hybridized carbons (Fsp3) is 0.692. The van der Waals surface area contributed by atoms with E-state index in [0.29, 0.717) is 18.5 Å². The van der Waals surface area contributed by atoms with Crippen molar-refractivity contribution in [2.75, 3.05) is 18.4 Å². The molecule has 1 aliphatic carbocycles. The number of carbonyl (C=O) groups excluding carboxylic acids is 2. The molecule has 176 valence electrons. The fourth-order valence-electron chi connectivity index (χ4n) is 6.08. The van der Waals surface area contributed by atoms with Crippen molar-refractivity contribution in [3.63, 3.8) is 0 Å². The van der Waals surface area contributed by atoms with Crippen LogP contribution in [0.5, 0.6) is 0 Å². The molecule has 0 spiro atoms. The Kier molecular flexibility index (Phi) is 7.59. The molecule has 3 aliphatic rings. The summed E-state index contributed by atoms with van der Waals surface area (Å²) in [7, 11) is 0. The Morgan fingerprint density at radius 1 is 1.09 bits per heavy atom. The van der Waals surface area contributed by atoms with E-state index in [4.69, 9.17) is 0 Å². The molecular formula is C26H40N4O2. The minimum atomic E-state index is -0.127. The first-order valence-electron chi connectivity index (χ1n) is 12.8. The SMILES string of the molecule is CCCCNC(=O)N[C@@H]1CCCC[C@@H]1C(=O)N1CC[C@@H]2[C@H](CCC)Nc3ccccc3[C@@H]21. The third kappa shape index (κ3) is 4.74. The molecule has 1 saturated carbocycles. The van der Waals surface area contributed by atoms with Crippen molar-refractivity contribution >= 4 is 17.6 Å². The van der Waals surface area contributed by atoms with Crippen LogP contribution in [-0.2, 0) is 4.79 Å². The van der Waals surface area contributed by atoms with Crippen molar-refractivity contribution in [2.45, 2.75) is 89.8 Å². The fourth-order valence-corrected chi connectivity index (χ4v) is 6.08. The van der Waals surface area contributed by atoms with E-state index in [9.17, 15) is 9.59 Å². The van der Waals surface area contributed by atoms with Gasteiger partial charge in [0.15, 0.2) is 0 Å². The number of unbranched alkanes of at least 4 members (excludes halogenated alkanes) is 1. The van der Waals surface area contributed by atoms with E-state index in [-0.39, 0.29) is 29.9 Å². The predicted molar refractivity (Wildman–Crippen MR) is 129 cm³/mol. The van der Waals surface area contributed by atoms with Gasteiger partial charge in [-0.05, 0) is 43.7 Å². The summed E-state index contributed by atoms with van der Waals surface area (Å²) in [5, 5.41) is 9.86. The summed E-state index contributed by atoms with van der Waals surface area (Å²) >= 11 is 0. The Morgan fingerprint density at radius 3 is 2.72 bits per heavy atom. The first kappa shape index (κ1) is 22.9. The minimum absolute atomic E-state index is 0.0691. The van der Waals surface area contributed by atoms with E-state index in [2.05, 4.69) is 59.0 Å². The maximum atomic E-state index is 13.9. The van der Waals surface area contributed by atoms with Crippen molar-refractivity contribution in [2.24, 2.45) is 11.8 Å². The molecule has 0 unspecified atom stereocenters. The number of nitrogens with zero attached hydrogens (tertiary/aromatic N) is 1. The lowest BCUT2D eigenvalue weighted by Crippen LogP contribution is -2.52. The maximum Gasteiger partial charge on any atom is 0.315 e. The van der Waals surface area contributed by atoms with E-state index in [1.165, 1.54) is 11.3 Å². The zero-order valence-electron chi connectivity index (χ0n) is 19.7. The quantitative estimate of drug-likeness (QED) is 0.532. The minimum Gasteiger partial charge on any atom is -0.382 e. The van der Waals surface area contributed by atoms with Gasteiger partial charge in [0, 0.05) is 36.8 Å². The van der Waals surface area contributed by atoms with Gasteiger partial charge in [-0.25, -0.2) is 4.79 Å². The zero-order valence-corrected chi connectivity index (χ0v) is 19.7. The van der Waals surface area contributed by atoms with Gasteiger partial charge in [0.2, 0.25) is 5.91 Å². The average molecular weight is 441 g/mol. The van der Waals surface area contributed by atoms with Crippen LogP contribution in [0.15, 0.2) is 24.3 Å². The molecule has 2 fully saturated rings. The second-order valence-electron chi connectivity index (χ2n) is 9.81. The highest BCUT2D eigenvalue weighted by atomic mass is 16.2. The van der Waals surface area contributed by atoms with Crippen LogP contribution < -0.4 is 16.0 Å². The highest BCUT2D eigenvalue weighted by Crippen LogP contribution is 2.48. The topological polar surface area (TPSA) is 73.5 Å². The highest BCUT2D eigenvalue weighted by Gasteiger charge is 2.47. The van der Waals surface area contributed by atoms with Crippen molar-refractivity contribution in [1.82, 2.24) is 15.5 Å². The average Bonchev–Trinajstić information content (AvgIpc) is 3.25. The summed E-state index contributed by atoms with van der Waals surface area (Å²) in [6, 6.07) is 8.88. The number of nitrogens with one attached hydrogen (secondary N) is 3. The van der Waals surface area contributed by atoms with Crippen molar-refractivity contribution in [3.05, 3.63) is 29.8 Å². The van der Waals surface area contributed by atoms with Crippen molar-refractivity contribution in [1.29, 1.82) is 0 Å². The van der Waals surface area contributed by atoms with Gasteiger partial charge in [-0.1, -0.05) is 57.7 Å². The van der Waals surface area contributed by atoms with Crippen LogP contribution in [0, 0.1) is 11.8 Å². The lowest BCUT2D eigenvalue weighted by molar-refractivity contribution is -0.138. The van der Waals surface area contributed by atoms with Gasteiger partial charge in [-0.15, -0.1) is 0 Å². The summed E-state index contributed by atoms with van der Waals surface area (Å²) in [6.07, 6.45) is 9.22. The van der Waals surface area contributed by atoms with Gasteiger partial charge >= 0.3 is 6.03 Å². The van der Waals surface area contributed by atoms with Gasteiger partial charge in [0.25, 0.3) is 0 Å². The second-order valence-corrected chi connectivity index (χ2v) is 9.81. The van der Waals surface area contributed by atoms with Crippen LogP contribution >= 0.6 is 0 Å². The molecule has 32 heavy (non-hydrogen) atoms. The predicted octanol–water partition coefficient (Wildman–Crippen LogP) is 4.83. The first-order chi connectivity index (χ1) is 15.6. The largest absolute Gasteiger partial charge is 0.382 e. The zero-order chi connectivity index (χ0) is 22.5. The number of hydrogen-bond donors (Lipinski definition) is 3. The number of rotatable bonds is 7. The van der Waals surface area contributed by atoms with E-state index in [0.717, 1.165) is 64.3 Å². The van der Waals surface area contributed by atoms with E-state index in [1.54, 1.807) is 0 Å². The van der Waals surface area contributed by atoms with Crippen LogP contribution in [0.1, 0.15) is 83.2 Å². The first-order valence-corrected chi connectivity index (χ1v) is 12.8. The second kappa shape index (κ2) is 10.6. The van der Waals surface area contributed by atoms with Crippen LogP contribution in [-0.4, -0.2) is 42.0 Å². The molecule has 3 N–H and O–H groups in total. The molecular weight excluding hydrogens is 400 g/mol. The Morgan fingerprint density at radius 2 is 1.91 bits per heavy atom. The number of hydrogen-bond acceptors (Lipinski definition) is 3. The smallest absolute Gasteiger partial charge is 0.315 e. The number of urea groups is 1. The number of benzene rings is 1. The summed E-state index contributed by atoms with van der Waals surface area (Å²) in [5.74, 6) is 0.579. The Hall–Kier alpha value is -2.24. The van der Waals surface area contributed by atoms with Crippen LogP contribution in [0.3, 0.4) is 0 Å². The van der Waals surface area contributed by atoms with Gasteiger partial charge in [0.1, 0.15) is 0 Å². The van der Waals surface area contributed by atoms with Crippen molar-refractivity contribution in [3.8, 4) is 0 Å². The lowest BCUT2D eigenvalue weighted by atomic mass is 9.80. The van der Waals surface area contributed by atoms with Crippen LogP contribution in [0.25, 0.3) is 0 Å². The molecule has 1 saturated heterocycles. The molecule has 6 nitrogen and oxygen atoms in total. The third-order valence-electron chi connectivity index (χ3n) is 7.68. The van der Waals surface area contributed by atoms with Crippen LogP contribution in [0.2, 0.25) is 0 Å². The van der Waals surface area contributed by atoms with E-state index in [1.807, 2.05) is 0 Å². The maximum absolute atomic E-state index is 13.9. The Labute approximate surface area is 192 Å². The summed E-state index contributed by atoms with van der Waals surface area (Å²) in [6.45, 7) is 5.85. The Balaban J connectivity index is 1.51. The number of anilines is 1. The number of carbonyl (C=O) groups is 2. The van der Waals surface area contributed by atoms with Crippen molar-refractivity contribution < 1.29 is 9.59 Å². The monoisotopic (exact) mass is 440 g/mol. The molecule has 2 heterocycles. The summed E-state index contributed by atoms with van der Waals surface area (Å²) in [4.78, 5) is 28.5. The molecule has 0 bridgehead atoms. The molecule has 4 rings (SSSR count). The molecule has 0 radical (unpaired) electrons. The number of para-hydroxylation sites is 1. The number of likely N-dealkylation sites (tertiary alicyclic amines) is 1. The summed E-state index contributed by atoms with van der Waals surface area (Å²) < 4.78 is 0. The highest BCUT2D eigenvalue weighted by molar-refractivity contribution is 5.82. The summed E-state index contributed by atoms with van der Waals surface area (Å²) in [5.41, 5.74) is 2.44. The molecule has 5 atom stereocenters. The van der Waals surface area contributed by atoms with E-state index < -0.39 is 0 Å². The molecule has 1 aromatic carbocycles. The van der Waals surface area contributed by atoms with Gasteiger partial charge in [0.05, 0.1) is 12.0 Å². The van der Waals surface area contributed by atoms with Gasteiger partial charge in [-0.2, -0.15) is 0 Å². The molecule has 2 aliphatic heterocycles. The lowest BCUT2D eigenvalue weighted by Gasteiger charge is -2.42. The normalized spacial score (nSPS) is 28.9. The third-order valence-corrected chi connectivity index (χ3v) is 7.68. The number of amides is 3. The standard InChI is InChI=1S/C26H40N4O2/c1-3-5-16-27-26(32)29-23-14-9-7-12-20(23)25(31)30-17-15-19-21(10-4-2)28-22-13-8-6-11-18(22)24(19)30/h6,8,11,13,19-21,23-24,28H,3-5,7,9-10,12,14-17H2,1-2H3,(H2,27,29,32)/t19-,20+,21+,23-,24+/m1/s1. The molecule has 3 amide bonds. The van der Waals surface area contributed by atoms with E-state index >= 15 is 0 Å². The number of fused-ring (bicyclic) bond motifs is 3. The Bertz CT molecular complexity index is 798. The molecule has 6 heteroatoms. The van der Waals surface area contributed by atoms with Crippen LogP contribution in [0.4, 0.5) is 10.5 Å². The molecule has 0 aromatic heterocycles. The van der Waals surface area contributed by atoms with Gasteiger partial charge in [-0.3, -0.25) is 4.79 Å². The molecule has 1 aromatic rings.